The van der Waals surface area contributed by atoms with Crippen LogP contribution in [0, 0.1) is 0 Å². The van der Waals surface area contributed by atoms with E-state index < -0.39 is 0 Å². The van der Waals surface area contributed by atoms with Gasteiger partial charge in [0.25, 0.3) is 0 Å². The van der Waals surface area contributed by atoms with Crippen molar-refractivity contribution in [2.45, 2.75) is 113 Å². The summed E-state index contributed by atoms with van der Waals surface area (Å²) >= 11 is 2.36. The summed E-state index contributed by atoms with van der Waals surface area (Å²) in [6, 6.07) is 0.761. The largest absolute Gasteiger partial charge is 0.316 e. The summed E-state index contributed by atoms with van der Waals surface area (Å²) in [5, 5.41) is 5.51. The zero-order valence-corrected chi connectivity index (χ0v) is 15.1. The lowest BCUT2D eigenvalue weighted by Gasteiger charge is -2.32. The third kappa shape index (κ3) is 6.95. The molecule has 2 saturated carbocycles. The third-order valence-electron chi connectivity index (χ3n) is 5.49. The Balaban J connectivity index is 1.86. The van der Waals surface area contributed by atoms with E-state index in [1.807, 2.05) is 0 Å². The Labute approximate surface area is 137 Å². The second-order valence-corrected chi connectivity index (χ2v) is 8.78. The maximum Gasteiger partial charge on any atom is 0.0203 e. The maximum absolute atomic E-state index is 3.67. The second kappa shape index (κ2) is 10.9. The van der Waals surface area contributed by atoms with Gasteiger partial charge < -0.3 is 5.32 Å². The molecule has 2 aliphatic rings. The van der Waals surface area contributed by atoms with Gasteiger partial charge in [0.05, 0.1) is 0 Å². The number of hydrogen-bond acceptors (Lipinski definition) is 2. The van der Waals surface area contributed by atoms with Crippen molar-refractivity contribution in [3.63, 3.8) is 0 Å². The molecule has 2 unspecified atom stereocenters. The molecular formula is C19H37NS. The first kappa shape index (κ1) is 17.7. The van der Waals surface area contributed by atoms with Crippen molar-refractivity contribution in [1.82, 2.24) is 5.32 Å². The smallest absolute Gasteiger partial charge is 0.0203 e. The number of hydrogen-bond donors (Lipinski definition) is 1. The Kier molecular flexibility index (Phi) is 9.20. The van der Waals surface area contributed by atoms with Crippen molar-refractivity contribution in [2.75, 3.05) is 7.05 Å². The van der Waals surface area contributed by atoms with Crippen LogP contribution >= 0.6 is 11.8 Å². The maximum atomic E-state index is 3.67. The summed E-state index contributed by atoms with van der Waals surface area (Å²) in [7, 11) is 2.20. The first-order valence-electron chi connectivity index (χ1n) is 9.73. The van der Waals surface area contributed by atoms with E-state index in [2.05, 4.69) is 24.1 Å². The Morgan fingerprint density at radius 3 is 1.71 bits per heavy atom. The minimum absolute atomic E-state index is 0.761. The van der Waals surface area contributed by atoms with E-state index in [1.54, 1.807) is 0 Å². The summed E-state index contributed by atoms with van der Waals surface area (Å²) in [5.41, 5.74) is 0. The molecule has 0 aromatic rings. The Hall–Kier alpha value is 0.310. The molecule has 1 nitrogen and oxygen atoms in total. The van der Waals surface area contributed by atoms with Crippen molar-refractivity contribution in [3.8, 4) is 0 Å². The van der Waals surface area contributed by atoms with E-state index in [0.717, 1.165) is 16.5 Å². The highest BCUT2D eigenvalue weighted by Gasteiger charge is 2.25. The fourth-order valence-electron chi connectivity index (χ4n) is 4.10. The normalized spacial score (nSPS) is 31.3. The van der Waals surface area contributed by atoms with E-state index in [1.165, 1.54) is 96.3 Å². The molecule has 21 heavy (non-hydrogen) atoms. The summed E-state index contributed by atoms with van der Waals surface area (Å²) < 4.78 is 0. The number of thioether (sulfide) groups is 1. The van der Waals surface area contributed by atoms with Crippen LogP contribution in [0.25, 0.3) is 0 Å². The molecule has 124 valence electrons. The van der Waals surface area contributed by atoms with E-state index >= 15 is 0 Å². The first-order valence-corrected chi connectivity index (χ1v) is 10.7. The molecule has 2 fully saturated rings. The molecule has 0 aromatic carbocycles. The van der Waals surface area contributed by atoms with Crippen molar-refractivity contribution in [1.29, 1.82) is 0 Å². The standard InChI is InChI=1S/C19H37NS/c1-20-18-15-11-6-4-2-3-5-7-12-16-19(18)21-17-13-9-8-10-14-17/h17-20H,2-16H2,1H3. The lowest BCUT2D eigenvalue weighted by molar-refractivity contribution is 0.431. The summed E-state index contributed by atoms with van der Waals surface area (Å²) in [6.07, 6.45) is 22.0. The predicted octanol–water partition coefficient (Wildman–Crippen LogP) is 5.92. The molecule has 2 atom stereocenters. The second-order valence-electron chi connectivity index (χ2n) is 7.24. The van der Waals surface area contributed by atoms with Crippen molar-refractivity contribution in [2.24, 2.45) is 0 Å². The van der Waals surface area contributed by atoms with Gasteiger partial charge in [-0.25, -0.2) is 0 Å². The molecule has 2 rings (SSSR count). The quantitative estimate of drug-likeness (QED) is 0.694. The van der Waals surface area contributed by atoms with Crippen LogP contribution < -0.4 is 5.32 Å². The molecule has 2 heteroatoms. The van der Waals surface area contributed by atoms with Gasteiger partial charge in [-0.1, -0.05) is 70.6 Å². The topological polar surface area (TPSA) is 12.0 Å². The van der Waals surface area contributed by atoms with E-state index in [4.69, 9.17) is 0 Å². The Bertz CT molecular complexity index is 250. The fraction of sp³-hybridized carbons (Fsp3) is 1.00. The lowest BCUT2D eigenvalue weighted by atomic mass is 9.97. The molecule has 0 aliphatic heterocycles. The van der Waals surface area contributed by atoms with E-state index in [-0.39, 0.29) is 0 Å². The van der Waals surface area contributed by atoms with Crippen LogP contribution in [-0.2, 0) is 0 Å². The van der Waals surface area contributed by atoms with Crippen LogP contribution in [0.4, 0.5) is 0 Å². The highest BCUT2D eigenvalue weighted by Crippen LogP contribution is 2.35. The first-order chi connectivity index (χ1) is 10.4. The predicted molar refractivity (Wildman–Crippen MR) is 97.3 cm³/mol. The minimum Gasteiger partial charge on any atom is -0.316 e. The minimum atomic E-state index is 0.761. The average molecular weight is 312 g/mol. The van der Waals surface area contributed by atoms with Gasteiger partial charge in [-0.05, 0) is 32.7 Å². The molecular weight excluding hydrogens is 274 g/mol. The number of nitrogens with one attached hydrogen (secondary N) is 1. The summed E-state index contributed by atoms with van der Waals surface area (Å²) in [6.45, 7) is 0. The van der Waals surface area contributed by atoms with Gasteiger partial charge in [0.2, 0.25) is 0 Å². The summed E-state index contributed by atoms with van der Waals surface area (Å²) in [5.74, 6) is 0. The van der Waals surface area contributed by atoms with Crippen molar-refractivity contribution in [3.05, 3.63) is 0 Å². The zero-order valence-electron chi connectivity index (χ0n) is 14.2. The molecule has 0 saturated heterocycles. The van der Waals surface area contributed by atoms with Crippen LogP contribution in [-0.4, -0.2) is 23.6 Å². The average Bonchev–Trinajstić information content (AvgIpc) is 2.51. The Morgan fingerprint density at radius 2 is 1.10 bits per heavy atom. The molecule has 0 spiro atoms. The van der Waals surface area contributed by atoms with Crippen LogP contribution in [0.2, 0.25) is 0 Å². The monoisotopic (exact) mass is 311 g/mol. The van der Waals surface area contributed by atoms with Crippen LogP contribution in [0.1, 0.15) is 96.3 Å². The highest BCUT2D eigenvalue weighted by molar-refractivity contribution is 8.00. The van der Waals surface area contributed by atoms with Gasteiger partial charge in [-0.2, -0.15) is 11.8 Å². The summed E-state index contributed by atoms with van der Waals surface area (Å²) in [4.78, 5) is 0. The van der Waals surface area contributed by atoms with Gasteiger partial charge in [0, 0.05) is 16.5 Å². The van der Waals surface area contributed by atoms with E-state index in [0.29, 0.717) is 0 Å². The third-order valence-corrected chi connectivity index (χ3v) is 7.26. The Morgan fingerprint density at radius 1 is 0.619 bits per heavy atom. The van der Waals surface area contributed by atoms with Crippen LogP contribution in [0.3, 0.4) is 0 Å². The highest BCUT2D eigenvalue weighted by atomic mass is 32.2. The lowest BCUT2D eigenvalue weighted by Crippen LogP contribution is -2.37. The SMILES string of the molecule is CNC1CCCCCCCCCCC1SC1CCCCC1. The van der Waals surface area contributed by atoms with Gasteiger partial charge in [0.15, 0.2) is 0 Å². The van der Waals surface area contributed by atoms with Gasteiger partial charge >= 0.3 is 0 Å². The molecule has 0 radical (unpaired) electrons. The van der Waals surface area contributed by atoms with E-state index in [9.17, 15) is 0 Å². The number of rotatable bonds is 3. The molecule has 1 N–H and O–H groups in total. The molecule has 0 amide bonds. The van der Waals surface area contributed by atoms with Gasteiger partial charge in [-0.15, -0.1) is 0 Å². The molecule has 0 heterocycles. The molecule has 0 aromatic heterocycles. The zero-order chi connectivity index (χ0) is 14.8. The van der Waals surface area contributed by atoms with Crippen LogP contribution in [0.15, 0.2) is 0 Å². The molecule has 0 bridgehead atoms. The van der Waals surface area contributed by atoms with Crippen molar-refractivity contribution >= 4 is 11.8 Å². The van der Waals surface area contributed by atoms with Gasteiger partial charge in [0.1, 0.15) is 0 Å². The van der Waals surface area contributed by atoms with Crippen molar-refractivity contribution < 1.29 is 0 Å². The molecule has 2 aliphatic carbocycles. The van der Waals surface area contributed by atoms with Crippen LogP contribution in [0.5, 0.6) is 0 Å². The fourth-order valence-corrected chi connectivity index (χ4v) is 5.96. The van der Waals surface area contributed by atoms with Gasteiger partial charge in [-0.3, -0.25) is 0 Å².